The maximum atomic E-state index is 5.05. The standard InChI is InChI=1S/C6H14N2/c1-5(8-7)6(2,3)4/h7H2,1-4H3/b8-5+. The molecule has 2 nitrogen and oxygen atoms in total. The molecule has 2 heteroatoms. The van der Waals surface area contributed by atoms with Gasteiger partial charge in [-0.3, -0.25) is 0 Å². The molecular weight excluding hydrogens is 100 g/mol. The molecule has 2 N–H and O–H groups in total. The molecule has 0 fully saturated rings. The molecule has 8 heavy (non-hydrogen) atoms. The van der Waals surface area contributed by atoms with Gasteiger partial charge in [-0.1, -0.05) is 20.8 Å². The van der Waals surface area contributed by atoms with Crippen LogP contribution >= 0.6 is 0 Å². The van der Waals surface area contributed by atoms with Crippen LogP contribution in [-0.4, -0.2) is 5.71 Å². The zero-order valence-electron chi connectivity index (χ0n) is 6.02. The van der Waals surface area contributed by atoms with Gasteiger partial charge in [0.1, 0.15) is 0 Å². The lowest BCUT2D eigenvalue weighted by Crippen LogP contribution is -2.17. The lowest BCUT2D eigenvalue weighted by atomic mass is 9.91. The van der Waals surface area contributed by atoms with Crippen LogP contribution in [0.4, 0.5) is 0 Å². The molecule has 0 saturated heterocycles. The van der Waals surface area contributed by atoms with Gasteiger partial charge in [0, 0.05) is 11.1 Å². The average Bonchev–Trinajstić information content (AvgIpc) is 1.62. The Bertz CT molecular complexity index is 97.6. The van der Waals surface area contributed by atoms with Crippen molar-refractivity contribution in [2.24, 2.45) is 16.4 Å². The summed E-state index contributed by atoms with van der Waals surface area (Å²) in [7, 11) is 0. The third-order valence-electron chi connectivity index (χ3n) is 1.28. The molecule has 0 unspecified atom stereocenters. The van der Waals surface area contributed by atoms with Crippen LogP contribution in [0.1, 0.15) is 27.7 Å². The first kappa shape index (κ1) is 7.47. The molecule has 0 aromatic rings. The number of hydrogen-bond donors (Lipinski definition) is 1. The van der Waals surface area contributed by atoms with Gasteiger partial charge < -0.3 is 5.84 Å². The minimum Gasteiger partial charge on any atom is -0.323 e. The van der Waals surface area contributed by atoms with Crippen LogP contribution in [0.3, 0.4) is 0 Å². The minimum atomic E-state index is 0.134. The van der Waals surface area contributed by atoms with Crippen molar-refractivity contribution in [2.75, 3.05) is 0 Å². The summed E-state index contributed by atoms with van der Waals surface area (Å²) < 4.78 is 0. The summed E-state index contributed by atoms with van der Waals surface area (Å²) in [6.45, 7) is 8.18. The van der Waals surface area contributed by atoms with E-state index in [9.17, 15) is 0 Å². The second kappa shape index (κ2) is 2.16. The van der Waals surface area contributed by atoms with Crippen molar-refractivity contribution in [2.45, 2.75) is 27.7 Å². The molecule has 0 atom stereocenters. The first-order valence-electron chi connectivity index (χ1n) is 2.73. The van der Waals surface area contributed by atoms with Crippen LogP contribution in [-0.2, 0) is 0 Å². The largest absolute Gasteiger partial charge is 0.323 e. The van der Waals surface area contributed by atoms with E-state index in [1.807, 2.05) is 6.92 Å². The predicted molar refractivity (Wildman–Crippen MR) is 36.8 cm³/mol. The van der Waals surface area contributed by atoms with E-state index in [1.165, 1.54) is 0 Å². The highest BCUT2D eigenvalue weighted by atomic mass is 15.1. The van der Waals surface area contributed by atoms with Crippen LogP contribution in [0, 0.1) is 5.41 Å². The molecule has 0 rings (SSSR count). The summed E-state index contributed by atoms with van der Waals surface area (Å²) in [5, 5.41) is 3.58. The number of rotatable bonds is 0. The number of hydrogen-bond acceptors (Lipinski definition) is 2. The van der Waals surface area contributed by atoms with Gasteiger partial charge in [0.15, 0.2) is 0 Å². The maximum absolute atomic E-state index is 5.05. The van der Waals surface area contributed by atoms with Gasteiger partial charge in [0.25, 0.3) is 0 Å². The van der Waals surface area contributed by atoms with Crippen LogP contribution in [0.25, 0.3) is 0 Å². The fourth-order valence-electron chi connectivity index (χ4n) is 0.194. The fraction of sp³-hybridized carbons (Fsp3) is 0.833. The Morgan fingerprint density at radius 1 is 1.38 bits per heavy atom. The Hall–Kier alpha value is -0.530. The quantitative estimate of drug-likeness (QED) is 0.288. The third-order valence-corrected chi connectivity index (χ3v) is 1.28. The van der Waals surface area contributed by atoms with Crippen molar-refractivity contribution in [3.63, 3.8) is 0 Å². The summed E-state index contributed by atoms with van der Waals surface area (Å²) in [4.78, 5) is 0. The molecule has 0 saturated carbocycles. The molecule has 0 aliphatic carbocycles. The average molecular weight is 114 g/mol. The SMILES string of the molecule is C/C(=N\N)C(C)(C)C. The van der Waals surface area contributed by atoms with Crippen molar-refractivity contribution in [3.8, 4) is 0 Å². The lowest BCUT2D eigenvalue weighted by molar-refractivity contribution is 0.585. The maximum Gasteiger partial charge on any atom is 0.0398 e. The first-order chi connectivity index (χ1) is 3.48. The monoisotopic (exact) mass is 114 g/mol. The van der Waals surface area contributed by atoms with Gasteiger partial charge in [-0.05, 0) is 6.92 Å². The number of nitrogens with two attached hydrogens (primary N) is 1. The summed E-state index contributed by atoms with van der Waals surface area (Å²) in [6, 6.07) is 0. The molecule has 48 valence electrons. The molecule has 0 radical (unpaired) electrons. The Kier molecular flexibility index (Phi) is 2.02. The minimum absolute atomic E-state index is 0.134. The van der Waals surface area contributed by atoms with Gasteiger partial charge in [0.05, 0.1) is 0 Å². The molecule has 0 heterocycles. The highest BCUT2D eigenvalue weighted by Crippen LogP contribution is 2.14. The normalized spacial score (nSPS) is 14.2. The number of hydrazone groups is 1. The topological polar surface area (TPSA) is 38.4 Å². The van der Waals surface area contributed by atoms with E-state index in [0.29, 0.717) is 0 Å². The zero-order valence-corrected chi connectivity index (χ0v) is 6.02. The summed E-state index contributed by atoms with van der Waals surface area (Å²) in [5.41, 5.74) is 1.12. The van der Waals surface area contributed by atoms with Crippen molar-refractivity contribution >= 4 is 5.71 Å². The summed E-state index contributed by atoms with van der Waals surface area (Å²) >= 11 is 0. The van der Waals surface area contributed by atoms with E-state index in [-0.39, 0.29) is 5.41 Å². The highest BCUT2D eigenvalue weighted by Gasteiger charge is 2.12. The second-order valence-corrected chi connectivity index (χ2v) is 2.96. The van der Waals surface area contributed by atoms with E-state index in [1.54, 1.807) is 0 Å². The zero-order chi connectivity index (χ0) is 6.78. The summed E-state index contributed by atoms with van der Waals surface area (Å²) in [5.74, 6) is 5.05. The van der Waals surface area contributed by atoms with Crippen LogP contribution in [0.5, 0.6) is 0 Å². The molecule has 0 aliphatic rings. The Labute approximate surface area is 50.8 Å². The molecule has 0 aromatic carbocycles. The Morgan fingerprint density at radius 3 is 1.75 bits per heavy atom. The van der Waals surface area contributed by atoms with Crippen molar-refractivity contribution in [3.05, 3.63) is 0 Å². The third kappa shape index (κ3) is 1.96. The molecule has 0 aromatic heterocycles. The van der Waals surface area contributed by atoms with Crippen LogP contribution < -0.4 is 5.84 Å². The number of nitrogens with zero attached hydrogens (tertiary/aromatic N) is 1. The van der Waals surface area contributed by atoms with Crippen LogP contribution in [0.2, 0.25) is 0 Å². The van der Waals surface area contributed by atoms with E-state index >= 15 is 0 Å². The van der Waals surface area contributed by atoms with E-state index in [0.717, 1.165) is 5.71 Å². The highest BCUT2D eigenvalue weighted by molar-refractivity contribution is 5.86. The lowest BCUT2D eigenvalue weighted by Gasteiger charge is -2.15. The van der Waals surface area contributed by atoms with Crippen molar-refractivity contribution in [1.29, 1.82) is 0 Å². The smallest absolute Gasteiger partial charge is 0.0398 e. The van der Waals surface area contributed by atoms with Crippen molar-refractivity contribution in [1.82, 2.24) is 0 Å². The van der Waals surface area contributed by atoms with Gasteiger partial charge in [-0.2, -0.15) is 5.10 Å². The molecule has 0 amide bonds. The van der Waals surface area contributed by atoms with Gasteiger partial charge in [0.2, 0.25) is 0 Å². The molecule has 0 bridgehead atoms. The van der Waals surface area contributed by atoms with Crippen molar-refractivity contribution < 1.29 is 0 Å². The molecule has 0 spiro atoms. The van der Waals surface area contributed by atoms with Gasteiger partial charge in [-0.15, -0.1) is 0 Å². The second-order valence-electron chi connectivity index (χ2n) is 2.96. The van der Waals surface area contributed by atoms with E-state index in [4.69, 9.17) is 5.84 Å². The summed E-state index contributed by atoms with van der Waals surface area (Å²) in [6.07, 6.45) is 0. The fourth-order valence-corrected chi connectivity index (χ4v) is 0.194. The first-order valence-corrected chi connectivity index (χ1v) is 2.73. The molecule has 0 aliphatic heterocycles. The van der Waals surface area contributed by atoms with Gasteiger partial charge >= 0.3 is 0 Å². The van der Waals surface area contributed by atoms with Gasteiger partial charge in [-0.25, -0.2) is 0 Å². The predicted octanol–water partition coefficient (Wildman–Crippen LogP) is 1.37. The Morgan fingerprint density at radius 2 is 1.75 bits per heavy atom. The molecular formula is C6H14N2. The van der Waals surface area contributed by atoms with Crippen LogP contribution in [0.15, 0.2) is 5.10 Å². The van der Waals surface area contributed by atoms with E-state index < -0.39 is 0 Å². The van der Waals surface area contributed by atoms with E-state index in [2.05, 4.69) is 25.9 Å². The Balaban J connectivity index is 4.03.